The van der Waals surface area contributed by atoms with E-state index in [2.05, 4.69) is 12.6 Å². The predicted molar refractivity (Wildman–Crippen MR) is 56.7 cm³/mol. The summed E-state index contributed by atoms with van der Waals surface area (Å²) in [6.45, 7) is -0.191. The topological polar surface area (TPSA) is 80.9 Å². The third-order valence-electron chi connectivity index (χ3n) is 1.30. The van der Waals surface area contributed by atoms with Crippen LogP contribution in [0.5, 0.6) is 11.5 Å². The highest BCUT2D eigenvalue weighted by atomic mass is 32.1. The van der Waals surface area contributed by atoms with Gasteiger partial charge in [0.25, 0.3) is 0 Å². The van der Waals surface area contributed by atoms with Crippen LogP contribution in [0.25, 0.3) is 0 Å². The lowest BCUT2D eigenvalue weighted by Gasteiger charge is -1.96. The van der Waals surface area contributed by atoms with Gasteiger partial charge in [0.15, 0.2) is 11.5 Å². The van der Waals surface area contributed by atoms with Crippen molar-refractivity contribution in [1.82, 2.24) is 0 Å². The quantitative estimate of drug-likeness (QED) is 0.367. The predicted octanol–water partition coefficient (Wildman–Crippen LogP) is 0.367. The number of para-hydroxylation sites is 2. The molecule has 1 aromatic rings. The molecule has 80 valence electrons. The molecule has 14 heavy (non-hydrogen) atoms. The van der Waals surface area contributed by atoms with Gasteiger partial charge in [-0.2, -0.15) is 12.6 Å². The normalized spacial score (nSPS) is 11.4. The summed E-state index contributed by atoms with van der Waals surface area (Å²) in [5, 5.41) is 33.7. The number of benzene rings is 1. The van der Waals surface area contributed by atoms with Crippen LogP contribution in [0.1, 0.15) is 0 Å². The van der Waals surface area contributed by atoms with Crippen LogP contribution >= 0.6 is 12.6 Å². The molecule has 0 saturated heterocycles. The van der Waals surface area contributed by atoms with Crippen molar-refractivity contribution in [1.29, 1.82) is 0 Å². The zero-order valence-electron chi connectivity index (χ0n) is 7.54. The van der Waals surface area contributed by atoms with Crippen molar-refractivity contribution in [2.45, 2.75) is 6.10 Å². The number of phenols is 2. The van der Waals surface area contributed by atoms with Crippen LogP contribution in [0.15, 0.2) is 24.3 Å². The number of hydrogen-bond donors (Lipinski definition) is 5. The molecular formula is C9H14O4S. The van der Waals surface area contributed by atoms with Crippen LogP contribution in [-0.2, 0) is 0 Å². The molecule has 0 bridgehead atoms. The molecule has 0 aliphatic heterocycles. The first-order chi connectivity index (χ1) is 6.61. The molecule has 1 aromatic carbocycles. The van der Waals surface area contributed by atoms with Crippen molar-refractivity contribution >= 4 is 12.6 Å². The van der Waals surface area contributed by atoms with Crippen molar-refractivity contribution in [3.8, 4) is 11.5 Å². The SMILES string of the molecule is OCC(O)CS.Oc1ccccc1O. The zero-order chi connectivity index (χ0) is 11.0. The maximum absolute atomic E-state index is 8.67. The van der Waals surface area contributed by atoms with Gasteiger partial charge in [0.05, 0.1) is 12.7 Å². The van der Waals surface area contributed by atoms with E-state index in [-0.39, 0.29) is 18.1 Å². The third-order valence-corrected chi connectivity index (χ3v) is 1.72. The van der Waals surface area contributed by atoms with Gasteiger partial charge in [-0.1, -0.05) is 12.1 Å². The molecule has 0 saturated carbocycles. The lowest BCUT2D eigenvalue weighted by molar-refractivity contribution is 0.114. The lowest BCUT2D eigenvalue weighted by atomic mass is 10.3. The average Bonchev–Trinajstić information content (AvgIpc) is 2.22. The van der Waals surface area contributed by atoms with E-state index >= 15 is 0 Å². The van der Waals surface area contributed by atoms with E-state index < -0.39 is 6.10 Å². The molecule has 1 atom stereocenters. The Bertz CT molecular complexity index is 229. The Hall–Kier alpha value is -0.910. The second-order valence-corrected chi connectivity index (χ2v) is 2.87. The molecule has 1 unspecified atom stereocenters. The number of phenolic OH excluding ortho intramolecular Hbond substituents is 2. The minimum Gasteiger partial charge on any atom is -0.504 e. The monoisotopic (exact) mass is 218 g/mol. The van der Waals surface area contributed by atoms with Crippen LogP contribution in [0, 0.1) is 0 Å². The number of aliphatic hydroxyl groups excluding tert-OH is 2. The molecule has 4 N–H and O–H groups in total. The fourth-order valence-electron chi connectivity index (χ4n) is 0.522. The third kappa shape index (κ3) is 5.69. The van der Waals surface area contributed by atoms with Gasteiger partial charge in [-0.15, -0.1) is 0 Å². The van der Waals surface area contributed by atoms with Crippen LogP contribution in [-0.4, -0.2) is 38.9 Å². The Labute approximate surface area is 87.9 Å². The van der Waals surface area contributed by atoms with Crippen molar-refractivity contribution < 1.29 is 20.4 Å². The molecule has 0 spiro atoms. The van der Waals surface area contributed by atoms with Gasteiger partial charge < -0.3 is 20.4 Å². The van der Waals surface area contributed by atoms with Crippen LogP contribution < -0.4 is 0 Å². The standard InChI is InChI=1S/C6H6O2.C3H8O2S/c7-5-3-1-2-4-6(5)8;4-1-3(5)2-6/h1-4,7-8H;3-6H,1-2H2. The second-order valence-electron chi connectivity index (χ2n) is 2.51. The molecule has 0 amide bonds. The molecule has 0 aliphatic carbocycles. The largest absolute Gasteiger partial charge is 0.504 e. The van der Waals surface area contributed by atoms with Crippen LogP contribution in [0.3, 0.4) is 0 Å². The molecule has 1 rings (SSSR count). The van der Waals surface area contributed by atoms with E-state index in [0.29, 0.717) is 5.75 Å². The Kier molecular flexibility index (Phi) is 7.00. The van der Waals surface area contributed by atoms with Gasteiger partial charge in [-0.25, -0.2) is 0 Å². The summed E-state index contributed by atoms with van der Waals surface area (Å²) in [6, 6.07) is 6.15. The summed E-state index contributed by atoms with van der Waals surface area (Å²) in [7, 11) is 0. The molecule has 0 heterocycles. The van der Waals surface area contributed by atoms with Crippen molar-refractivity contribution in [3.05, 3.63) is 24.3 Å². The van der Waals surface area contributed by atoms with Gasteiger partial charge in [0.1, 0.15) is 0 Å². The van der Waals surface area contributed by atoms with E-state index in [1.807, 2.05) is 0 Å². The Morgan fingerprint density at radius 2 is 1.57 bits per heavy atom. The van der Waals surface area contributed by atoms with Crippen LogP contribution in [0.2, 0.25) is 0 Å². The lowest BCUT2D eigenvalue weighted by Crippen LogP contribution is -2.12. The fourth-order valence-corrected chi connectivity index (χ4v) is 0.637. The molecular weight excluding hydrogens is 204 g/mol. The highest BCUT2D eigenvalue weighted by molar-refractivity contribution is 7.80. The molecule has 0 aliphatic rings. The summed E-state index contributed by atoms with van der Waals surface area (Å²) in [6.07, 6.45) is -0.645. The van der Waals surface area contributed by atoms with Crippen LogP contribution in [0.4, 0.5) is 0 Å². The van der Waals surface area contributed by atoms with Gasteiger partial charge in [-0.3, -0.25) is 0 Å². The van der Waals surface area contributed by atoms with Crippen molar-refractivity contribution in [2.24, 2.45) is 0 Å². The second kappa shape index (κ2) is 7.49. The first kappa shape index (κ1) is 13.1. The van der Waals surface area contributed by atoms with E-state index in [0.717, 1.165) is 0 Å². The zero-order valence-corrected chi connectivity index (χ0v) is 8.43. The molecule has 0 radical (unpaired) electrons. The Morgan fingerprint density at radius 3 is 1.71 bits per heavy atom. The highest BCUT2D eigenvalue weighted by Gasteiger charge is 1.93. The molecule has 0 aromatic heterocycles. The van der Waals surface area contributed by atoms with Gasteiger partial charge in [0, 0.05) is 5.75 Å². The summed E-state index contributed by atoms with van der Waals surface area (Å²) < 4.78 is 0. The number of hydrogen-bond acceptors (Lipinski definition) is 5. The van der Waals surface area contributed by atoms with E-state index in [4.69, 9.17) is 20.4 Å². The number of aliphatic hydroxyl groups is 2. The maximum atomic E-state index is 8.67. The first-order valence-corrected chi connectivity index (χ1v) is 4.61. The van der Waals surface area contributed by atoms with Crippen molar-refractivity contribution in [2.75, 3.05) is 12.4 Å². The van der Waals surface area contributed by atoms with E-state index in [1.54, 1.807) is 12.1 Å². The highest BCUT2D eigenvalue weighted by Crippen LogP contribution is 2.21. The molecule has 4 nitrogen and oxygen atoms in total. The Morgan fingerprint density at radius 1 is 1.14 bits per heavy atom. The minimum absolute atomic E-state index is 0.0764. The summed E-state index contributed by atoms with van der Waals surface area (Å²) in [5.41, 5.74) is 0. The smallest absolute Gasteiger partial charge is 0.157 e. The number of rotatable bonds is 2. The van der Waals surface area contributed by atoms with Gasteiger partial charge in [0.2, 0.25) is 0 Å². The fraction of sp³-hybridized carbons (Fsp3) is 0.333. The molecule has 5 heteroatoms. The number of aromatic hydroxyl groups is 2. The first-order valence-electron chi connectivity index (χ1n) is 3.98. The summed E-state index contributed by atoms with van der Waals surface area (Å²) >= 11 is 3.69. The van der Waals surface area contributed by atoms with Crippen molar-refractivity contribution in [3.63, 3.8) is 0 Å². The minimum atomic E-state index is -0.645. The summed E-state index contributed by atoms with van der Waals surface area (Å²) in [4.78, 5) is 0. The van der Waals surface area contributed by atoms with E-state index in [1.165, 1.54) is 12.1 Å². The van der Waals surface area contributed by atoms with E-state index in [9.17, 15) is 0 Å². The average molecular weight is 218 g/mol. The maximum Gasteiger partial charge on any atom is 0.157 e. The Balaban J connectivity index is 0.000000255. The van der Waals surface area contributed by atoms with Gasteiger partial charge >= 0.3 is 0 Å². The molecule has 0 fully saturated rings. The van der Waals surface area contributed by atoms with Gasteiger partial charge in [-0.05, 0) is 12.1 Å². The summed E-state index contributed by atoms with van der Waals surface area (Å²) in [5.74, 6) is 0.177. The number of thiol groups is 1.